The quantitative estimate of drug-likeness (QED) is 0.331. The molecule has 0 N–H and O–H groups in total. The van der Waals surface area contributed by atoms with Crippen molar-refractivity contribution in [2.45, 2.75) is 70.7 Å². The number of esters is 5. The Morgan fingerprint density at radius 1 is 0.607 bits per heavy atom. The standard InChI is InChI=1S/C17H22O11/c1-7(18)24-12-13(25-8(2)19)15(27-10(4)21)17(6-23-17)16(28-11(5)22)14(12)26-9(3)20/h12-16H,6H2,1-5H3/t12?,13-,14-,15-,16+,17?/m1/s1. The van der Waals surface area contributed by atoms with Crippen molar-refractivity contribution in [1.29, 1.82) is 0 Å². The van der Waals surface area contributed by atoms with Gasteiger partial charge in [0, 0.05) is 34.6 Å². The lowest BCUT2D eigenvalue weighted by Gasteiger charge is -2.46. The summed E-state index contributed by atoms with van der Waals surface area (Å²) in [6.07, 6.45) is -6.66. The Balaban J connectivity index is 2.57. The molecule has 0 bridgehead atoms. The first-order valence-corrected chi connectivity index (χ1v) is 8.48. The molecule has 0 aromatic carbocycles. The van der Waals surface area contributed by atoms with Crippen molar-refractivity contribution in [2.24, 2.45) is 0 Å². The van der Waals surface area contributed by atoms with Crippen molar-refractivity contribution in [3.05, 3.63) is 0 Å². The Morgan fingerprint density at radius 2 is 0.893 bits per heavy atom. The number of ether oxygens (including phenoxy) is 6. The summed E-state index contributed by atoms with van der Waals surface area (Å²) in [5.74, 6) is -3.77. The predicted molar refractivity (Wildman–Crippen MR) is 86.5 cm³/mol. The normalized spacial score (nSPS) is 33.4. The minimum Gasteiger partial charge on any atom is -0.455 e. The third kappa shape index (κ3) is 4.58. The first kappa shape index (κ1) is 21.6. The summed E-state index contributed by atoms with van der Waals surface area (Å²) in [6.45, 7) is 5.52. The molecule has 1 saturated carbocycles. The molecule has 1 saturated heterocycles. The second-order valence-corrected chi connectivity index (χ2v) is 6.53. The monoisotopic (exact) mass is 402 g/mol. The van der Waals surface area contributed by atoms with Crippen LogP contribution in [-0.2, 0) is 52.4 Å². The first-order valence-electron chi connectivity index (χ1n) is 8.48. The van der Waals surface area contributed by atoms with Gasteiger partial charge in [0.2, 0.25) is 0 Å². The van der Waals surface area contributed by atoms with Gasteiger partial charge in [0.05, 0.1) is 6.61 Å². The van der Waals surface area contributed by atoms with Crippen LogP contribution < -0.4 is 0 Å². The molecule has 0 amide bonds. The number of carbonyl (C=O) groups excluding carboxylic acids is 5. The molecule has 2 rings (SSSR count). The molecule has 6 atom stereocenters. The van der Waals surface area contributed by atoms with Crippen molar-refractivity contribution in [3.63, 3.8) is 0 Å². The molecule has 1 spiro atoms. The lowest BCUT2D eigenvalue weighted by Crippen LogP contribution is -2.70. The summed E-state index contributed by atoms with van der Waals surface area (Å²) in [6, 6.07) is 0. The van der Waals surface area contributed by atoms with Gasteiger partial charge < -0.3 is 28.4 Å². The highest BCUT2D eigenvalue weighted by molar-refractivity contribution is 5.70. The zero-order valence-electron chi connectivity index (χ0n) is 16.1. The lowest BCUT2D eigenvalue weighted by molar-refractivity contribution is -0.247. The lowest BCUT2D eigenvalue weighted by atomic mass is 9.77. The summed E-state index contributed by atoms with van der Waals surface area (Å²) in [4.78, 5) is 58.3. The summed E-state index contributed by atoms with van der Waals surface area (Å²) in [5, 5.41) is 0. The van der Waals surface area contributed by atoms with E-state index >= 15 is 0 Å². The van der Waals surface area contributed by atoms with Crippen LogP contribution >= 0.6 is 0 Å². The van der Waals surface area contributed by atoms with Gasteiger partial charge in [-0.05, 0) is 0 Å². The molecule has 0 aromatic rings. The van der Waals surface area contributed by atoms with Gasteiger partial charge in [-0.15, -0.1) is 0 Å². The van der Waals surface area contributed by atoms with Gasteiger partial charge in [-0.2, -0.15) is 0 Å². The van der Waals surface area contributed by atoms with Crippen LogP contribution in [0.3, 0.4) is 0 Å². The topological polar surface area (TPSA) is 144 Å². The molecule has 28 heavy (non-hydrogen) atoms. The molecule has 2 fully saturated rings. The van der Waals surface area contributed by atoms with Gasteiger partial charge in [-0.25, -0.2) is 0 Å². The highest BCUT2D eigenvalue weighted by Crippen LogP contribution is 2.48. The smallest absolute Gasteiger partial charge is 0.303 e. The molecule has 1 aliphatic carbocycles. The van der Waals surface area contributed by atoms with Crippen LogP contribution in [0.1, 0.15) is 34.6 Å². The van der Waals surface area contributed by atoms with Gasteiger partial charge in [0.25, 0.3) is 0 Å². The van der Waals surface area contributed by atoms with Gasteiger partial charge in [0.1, 0.15) is 0 Å². The second kappa shape index (κ2) is 8.13. The molecule has 0 aromatic heterocycles. The summed E-state index contributed by atoms with van der Waals surface area (Å²) in [7, 11) is 0. The molecular weight excluding hydrogens is 380 g/mol. The average molecular weight is 402 g/mol. The Labute approximate surface area is 160 Å². The van der Waals surface area contributed by atoms with Crippen LogP contribution in [0.4, 0.5) is 0 Å². The molecule has 2 unspecified atom stereocenters. The van der Waals surface area contributed by atoms with Crippen LogP contribution in [0.2, 0.25) is 0 Å². The molecule has 11 heteroatoms. The van der Waals surface area contributed by atoms with Crippen molar-refractivity contribution in [2.75, 3.05) is 6.61 Å². The maximum atomic E-state index is 11.7. The molecule has 1 aliphatic heterocycles. The van der Waals surface area contributed by atoms with E-state index in [0.717, 1.165) is 34.6 Å². The van der Waals surface area contributed by atoms with E-state index in [-0.39, 0.29) is 6.61 Å². The zero-order valence-corrected chi connectivity index (χ0v) is 16.1. The van der Waals surface area contributed by atoms with E-state index in [1.165, 1.54) is 0 Å². The molecule has 156 valence electrons. The second-order valence-electron chi connectivity index (χ2n) is 6.53. The fourth-order valence-electron chi connectivity index (χ4n) is 3.32. The average Bonchev–Trinajstić information content (AvgIpc) is 3.31. The maximum absolute atomic E-state index is 11.7. The minimum atomic E-state index is -1.42. The van der Waals surface area contributed by atoms with E-state index in [2.05, 4.69) is 0 Å². The Hall–Kier alpha value is -2.69. The van der Waals surface area contributed by atoms with Gasteiger partial charge in [0.15, 0.2) is 36.1 Å². The third-order valence-corrected chi connectivity index (χ3v) is 4.18. The Morgan fingerprint density at radius 3 is 1.14 bits per heavy atom. The van der Waals surface area contributed by atoms with Crippen LogP contribution in [0.25, 0.3) is 0 Å². The van der Waals surface area contributed by atoms with E-state index in [9.17, 15) is 24.0 Å². The van der Waals surface area contributed by atoms with Gasteiger partial charge >= 0.3 is 29.8 Å². The van der Waals surface area contributed by atoms with E-state index in [1.54, 1.807) is 0 Å². The van der Waals surface area contributed by atoms with Crippen molar-refractivity contribution < 1.29 is 52.4 Å². The van der Waals surface area contributed by atoms with Crippen molar-refractivity contribution >= 4 is 29.8 Å². The predicted octanol–water partition coefficient (Wildman–Crippen LogP) is -0.572. The highest BCUT2D eigenvalue weighted by atomic mass is 16.7. The number of epoxide rings is 1. The largest absolute Gasteiger partial charge is 0.455 e. The minimum absolute atomic E-state index is 0.0365. The van der Waals surface area contributed by atoms with Crippen LogP contribution in [0.15, 0.2) is 0 Å². The highest BCUT2D eigenvalue weighted by Gasteiger charge is 2.73. The molecular formula is C17H22O11. The fraction of sp³-hybridized carbons (Fsp3) is 0.706. The summed E-state index contributed by atoms with van der Waals surface area (Å²) in [5.41, 5.74) is -1.42. The van der Waals surface area contributed by atoms with Crippen molar-refractivity contribution in [1.82, 2.24) is 0 Å². The molecule has 1 heterocycles. The molecule has 11 nitrogen and oxygen atoms in total. The fourth-order valence-corrected chi connectivity index (χ4v) is 3.32. The summed E-state index contributed by atoms with van der Waals surface area (Å²) < 4.78 is 31.8. The van der Waals surface area contributed by atoms with E-state index < -0.39 is 66.0 Å². The van der Waals surface area contributed by atoms with Gasteiger partial charge in [-0.3, -0.25) is 24.0 Å². The molecule has 0 radical (unpaired) electrons. The third-order valence-electron chi connectivity index (χ3n) is 4.18. The van der Waals surface area contributed by atoms with Crippen LogP contribution in [0, 0.1) is 0 Å². The number of rotatable bonds is 5. The van der Waals surface area contributed by atoms with Crippen LogP contribution in [-0.4, -0.2) is 72.6 Å². The van der Waals surface area contributed by atoms with E-state index in [4.69, 9.17) is 28.4 Å². The Kier molecular flexibility index (Phi) is 6.27. The van der Waals surface area contributed by atoms with E-state index in [0.29, 0.717) is 0 Å². The SMILES string of the molecule is CC(=O)OC1[C@@H](OC(C)=O)[C@@H](OC(C)=O)C2(CO2)[C@@H](OC(C)=O)[C@@H]1OC(C)=O. The number of hydrogen-bond acceptors (Lipinski definition) is 11. The van der Waals surface area contributed by atoms with Gasteiger partial charge in [-0.1, -0.05) is 0 Å². The first-order chi connectivity index (χ1) is 13.0. The zero-order chi connectivity index (χ0) is 21.2. The number of carbonyl (C=O) groups is 5. The van der Waals surface area contributed by atoms with E-state index in [1.807, 2.05) is 0 Å². The maximum Gasteiger partial charge on any atom is 0.303 e. The Bertz CT molecular complexity index is 635. The number of hydrogen-bond donors (Lipinski definition) is 0. The van der Waals surface area contributed by atoms with Crippen LogP contribution in [0.5, 0.6) is 0 Å². The summed E-state index contributed by atoms with van der Waals surface area (Å²) >= 11 is 0. The van der Waals surface area contributed by atoms with Crippen molar-refractivity contribution in [3.8, 4) is 0 Å². The molecule has 2 aliphatic rings.